The zero-order valence-corrected chi connectivity index (χ0v) is 11.6. The maximum absolute atomic E-state index is 12.4. The highest BCUT2D eigenvalue weighted by Crippen LogP contribution is 2.22. The molecule has 1 amide bonds. The van der Waals surface area contributed by atoms with Gasteiger partial charge in [0.15, 0.2) is 0 Å². The second-order valence-corrected chi connectivity index (χ2v) is 5.34. The smallest absolute Gasteiger partial charge is 0.272 e. The first-order valence-corrected chi connectivity index (χ1v) is 6.62. The number of nitro groups is 1. The number of piperidine rings is 1. The van der Waals surface area contributed by atoms with Crippen molar-refractivity contribution in [1.29, 1.82) is 0 Å². The molecule has 0 aliphatic carbocycles. The van der Waals surface area contributed by atoms with Crippen LogP contribution < -0.4 is 0 Å². The summed E-state index contributed by atoms with van der Waals surface area (Å²) in [4.78, 5) is 24.4. The number of aliphatic hydroxyl groups is 1. The van der Waals surface area contributed by atoms with Crippen LogP contribution >= 0.6 is 0 Å². The number of nitro benzene ring substituents is 1. The van der Waals surface area contributed by atoms with Crippen molar-refractivity contribution in [2.24, 2.45) is 5.92 Å². The topological polar surface area (TPSA) is 83.7 Å². The number of carbonyl (C=O) groups is 1. The van der Waals surface area contributed by atoms with Crippen LogP contribution in [0.3, 0.4) is 0 Å². The summed E-state index contributed by atoms with van der Waals surface area (Å²) in [5, 5.41) is 20.4. The first-order valence-electron chi connectivity index (χ1n) is 6.62. The Hall–Kier alpha value is -1.95. The summed E-state index contributed by atoms with van der Waals surface area (Å²) >= 11 is 0. The van der Waals surface area contributed by atoms with Crippen molar-refractivity contribution in [2.45, 2.75) is 26.4 Å². The number of aliphatic hydroxyl groups excluding tert-OH is 1. The fraction of sp³-hybridized carbons (Fsp3) is 0.500. The molecule has 1 heterocycles. The van der Waals surface area contributed by atoms with Crippen LogP contribution in [0, 0.1) is 23.0 Å². The Balaban J connectivity index is 2.17. The van der Waals surface area contributed by atoms with Gasteiger partial charge in [-0.1, -0.05) is 6.92 Å². The molecule has 0 saturated carbocycles. The fourth-order valence-corrected chi connectivity index (χ4v) is 2.49. The van der Waals surface area contributed by atoms with Crippen LogP contribution in [0.2, 0.25) is 0 Å². The lowest BCUT2D eigenvalue weighted by Crippen LogP contribution is -2.44. The number of nitrogens with zero attached hydrogens (tertiary/aromatic N) is 2. The molecule has 6 heteroatoms. The SMILES string of the molecule is Cc1cc(C(=O)N2CCC(O)C(C)C2)ccc1[N+](=O)[O-]. The molecule has 1 aromatic rings. The third-order valence-corrected chi connectivity index (χ3v) is 3.79. The number of aryl methyl sites for hydroxylation is 1. The molecule has 1 aromatic carbocycles. The van der Waals surface area contributed by atoms with E-state index < -0.39 is 4.92 Å². The van der Waals surface area contributed by atoms with Crippen LogP contribution in [0.1, 0.15) is 29.3 Å². The van der Waals surface area contributed by atoms with Gasteiger partial charge in [-0.3, -0.25) is 14.9 Å². The molecule has 108 valence electrons. The van der Waals surface area contributed by atoms with Gasteiger partial charge in [-0.2, -0.15) is 0 Å². The Morgan fingerprint density at radius 1 is 1.50 bits per heavy atom. The minimum atomic E-state index is -0.455. The number of carbonyl (C=O) groups excluding carboxylic acids is 1. The Bertz CT molecular complexity index is 544. The average Bonchev–Trinajstić information content (AvgIpc) is 2.40. The minimum absolute atomic E-state index is 0.0176. The molecule has 2 unspecified atom stereocenters. The van der Waals surface area contributed by atoms with Crippen molar-refractivity contribution in [3.8, 4) is 0 Å². The van der Waals surface area contributed by atoms with Crippen LogP contribution in [-0.4, -0.2) is 40.0 Å². The van der Waals surface area contributed by atoms with Gasteiger partial charge in [0.1, 0.15) is 0 Å². The minimum Gasteiger partial charge on any atom is -0.393 e. The molecule has 1 saturated heterocycles. The lowest BCUT2D eigenvalue weighted by molar-refractivity contribution is -0.385. The molecular weight excluding hydrogens is 260 g/mol. The maximum atomic E-state index is 12.4. The van der Waals surface area contributed by atoms with Gasteiger partial charge >= 0.3 is 0 Å². The molecule has 1 aliphatic rings. The standard InChI is InChI=1S/C14H18N2O4/c1-9-7-11(3-4-12(9)16(19)20)14(18)15-6-5-13(17)10(2)8-15/h3-4,7,10,13,17H,5-6,8H2,1-2H3. The van der Waals surface area contributed by atoms with Crippen LogP contribution in [0.25, 0.3) is 0 Å². The van der Waals surface area contributed by atoms with Gasteiger partial charge in [-0.25, -0.2) is 0 Å². The van der Waals surface area contributed by atoms with E-state index in [1.54, 1.807) is 17.9 Å². The van der Waals surface area contributed by atoms with Crippen LogP contribution in [0.5, 0.6) is 0 Å². The Morgan fingerprint density at radius 2 is 2.20 bits per heavy atom. The largest absolute Gasteiger partial charge is 0.393 e. The summed E-state index contributed by atoms with van der Waals surface area (Å²) in [7, 11) is 0. The predicted octanol–water partition coefficient (Wildman–Crippen LogP) is 1.75. The van der Waals surface area contributed by atoms with E-state index >= 15 is 0 Å². The number of likely N-dealkylation sites (tertiary alicyclic amines) is 1. The number of hydrogen-bond donors (Lipinski definition) is 1. The molecule has 20 heavy (non-hydrogen) atoms. The van der Waals surface area contributed by atoms with Gasteiger partial charge in [0, 0.05) is 30.3 Å². The van der Waals surface area contributed by atoms with Crippen LogP contribution in [0.15, 0.2) is 18.2 Å². The predicted molar refractivity (Wildman–Crippen MR) is 73.5 cm³/mol. The molecule has 0 bridgehead atoms. The first-order chi connectivity index (χ1) is 9.40. The van der Waals surface area contributed by atoms with Crippen molar-refractivity contribution in [3.05, 3.63) is 39.4 Å². The highest BCUT2D eigenvalue weighted by molar-refractivity contribution is 5.94. The molecule has 6 nitrogen and oxygen atoms in total. The number of hydrogen-bond acceptors (Lipinski definition) is 4. The Morgan fingerprint density at radius 3 is 2.75 bits per heavy atom. The van der Waals surface area contributed by atoms with E-state index in [0.29, 0.717) is 30.6 Å². The zero-order valence-electron chi connectivity index (χ0n) is 11.6. The summed E-state index contributed by atoms with van der Waals surface area (Å²) in [5.74, 6) is -0.0893. The van der Waals surface area contributed by atoms with E-state index in [0.717, 1.165) is 0 Å². The van der Waals surface area contributed by atoms with Crippen molar-refractivity contribution in [3.63, 3.8) is 0 Å². The fourth-order valence-electron chi connectivity index (χ4n) is 2.49. The molecule has 1 fully saturated rings. The van der Waals surface area contributed by atoms with E-state index in [4.69, 9.17) is 0 Å². The summed E-state index contributed by atoms with van der Waals surface area (Å²) in [5.41, 5.74) is 0.951. The normalized spacial score (nSPS) is 22.6. The third kappa shape index (κ3) is 2.80. The van der Waals surface area contributed by atoms with Crippen molar-refractivity contribution >= 4 is 11.6 Å². The van der Waals surface area contributed by atoms with Gasteiger partial charge in [0.05, 0.1) is 11.0 Å². The monoisotopic (exact) mass is 278 g/mol. The van der Waals surface area contributed by atoms with Gasteiger partial charge in [0.25, 0.3) is 11.6 Å². The molecule has 0 aromatic heterocycles. The number of rotatable bonds is 2. The van der Waals surface area contributed by atoms with Gasteiger partial charge in [0.2, 0.25) is 0 Å². The van der Waals surface area contributed by atoms with E-state index in [1.807, 2.05) is 6.92 Å². The van der Waals surface area contributed by atoms with Gasteiger partial charge < -0.3 is 10.0 Å². The highest BCUT2D eigenvalue weighted by atomic mass is 16.6. The van der Waals surface area contributed by atoms with Crippen molar-refractivity contribution in [1.82, 2.24) is 4.90 Å². The average molecular weight is 278 g/mol. The van der Waals surface area contributed by atoms with Crippen LogP contribution in [-0.2, 0) is 0 Å². The highest BCUT2D eigenvalue weighted by Gasteiger charge is 2.28. The van der Waals surface area contributed by atoms with E-state index in [2.05, 4.69) is 0 Å². The second-order valence-electron chi connectivity index (χ2n) is 5.34. The Labute approximate surface area is 117 Å². The van der Waals surface area contributed by atoms with Gasteiger partial charge in [-0.15, -0.1) is 0 Å². The lowest BCUT2D eigenvalue weighted by Gasteiger charge is -2.34. The summed E-state index contributed by atoms with van der Waals surface area (Å²) in [6.45, 7) is 4.55. The first kappa shape index (κ1) is 14.5. The number of benzene rings is 1. The molecule has 2 atom stereocenters. The summed E-state index contributed by atoms with van der Waals surface area (Å²) in [6.07, 6.45) is 0.205. The molecule has 0 radical (unpaired) electrons. The summed E-state index contributed by atoms with van der Waals surface area (Å²) < 4.78 is 0. The van der Waals surface area contributed by atoms with E-state index in [1.165, 1.54) is 12.1 Å². The molecular formula is C14H18N2O4. The zero-order chi connectivity index (χ0) is 14.9. The molecule has 0 spiro atoms. The quantitative estimate of drug-likeness (QED) is 0.659. The van der Waals surface area contributed by atoms with Gasteiger partial charge in [-0.05, 0) is 31.4 Å². The van der Waals surface area contributed by atoms with E-state index in [9.17, 15) is 20.0 Å². The third-order valence-electron chi connectivity index (χ3n) is 3.79. The Kier molecular flexibility index (Phi) is 4.04. The summed E-state index contributed by atoms with van der Waals surface area (Å²) in [6, 6.07) is 4.41. The van der Waals surface area contributed by atoms with E-state index in [-0.39, 0.29) is 23.6 Å². The second kappa shape index (κ2) is 5.58. The van der Waals surface area contributed by atoms with Crippen molar-refractivity contribution in [2.75, 3.05) is 13.1 Å². The van der Waals surface area contributed by atoms with Crippen LogP contribution in [0.4, 0.5) is 5.69 Å². The molecule has 1 aliphatic heterocycles. The molecule has 2 rings (SSSR count). The lowest BCUT2D eigenvalue weighted by atomic mass is 9.96. The maximum Gasteiger partial charge on any atom is 0.272 e. The molecule has 1 N–H and O–H groups in total. The van der Waals surface area contributed by atoms with Crippen molar-refractivity contribution < 1.29 is 14.8 Å². The number of amides is 1.